The number of rotatable bonds is 9. The van der Waals surface area contributed by atoms with Crippen LogP contribution in [0.1, 0.15) is 42.2 Å². The molecule has 0 aliphatic carbocycles. The Balaban J connectivity index is 1.02. The topological polar surface area (TPSA) is 103 Å². The Labute approximate surface area is 240 Å². The summed E-state index contributed by atoms with van der Waals surface area (Å²) >= 11 is 0. The van der Waals surface area contributed by atoms with E-state index in [9.17, 15) is 9.90 Å². The predicted octanol–water partition coefficient (Wildman–Crippen LogP) is 4.40. The van der Waals surface area contributed by atoms with Gasteiger partial charge in [0.05, 0.1) is 19.5 Å². The fourth-order valence-corrected chi connectivity index (χ4v) is 6.10. The molecule has 4 heterocycles. The largest absolute Gasteiger partial charge is 0.497 e. The molecule has 2 aliphatic heterocycles. The molecule has 9 nitrogen and oxygen atoms in total. The number of benzene rings is 2. The first-order valence-corrected chi connectivity index (χ1v) is 14.7. The molecule has 2 aliphatic rings. The highest BCUT2D eigenvalue weighted by molar-refractivity contribution is 5.99. The van der Waals surface area contributed by atoms with E-state index in [1.165, 1.54) is 0 Å². The average molecular weight is 561 g/mol. The Morgan fingerprint density at radius 1 is 1.07 bits per heavy atom. The van der Waals surface area contributed by atoms with Gasteiger partial charge in [-0.15, -0.1) is 0 Å². The SMILES string of the molecule is COc1ccc2c(COc3cccc4[nH]c(C(=O)NC5CCN(CCN6CC[C@H](O)[C@@H](C)C6)CC5)cc34)coc2c1. The number of aliphatic hydroxyl groups is 1. The number of aromatic amines is 1. The molecular formula is C32H40N4O5. The fraction of sp³-hybridized carbons (Fsp3) is 0.469. The lowest BCUT2D eigenvalue weighted by molar-refractivity contribution is 0.0301. The van der Waals surface area contributed by atoms with Gasteiger partial charge < -0.3 is 39.1 Å². The molecule has 218 valence electrons. The molecule has 2 fully saturated rings. The number of nitrogens with zero attached hydrogens (tertiary/aromatic N) is 2. The van der Waals surface area contributed by atoms with Crippen molar-refractivity contribution in [2.45, 2.75) is 44.9 Å². The molecule has 2 saturated heterocycles. The van der Waals surface area contributed by atoms with Crippen LogP contribution in [0.25, 0.3) is 21.9 Å². The number of H-pyrrole nitrogens is 1. The number of furan rings is 1. The van der Waals surface area contributed by atoms with Gasteiger partial charge in [0.2, 0.25) is 0 Å². The third-order valence-electron chi connectivity index (χ3n) is 8.71. The highest BCUT2D eigenvalue weighted by Gasteiger charge is 2.26. The van der Waals surface area contributed by atoms with Gasteiger partial charge in [0.25, 0.3) is 5.91 Å². The lowest BCUT2D eigenvalue weighted by atomic mass is 9.97. The number of hydrogen-bond acceptors (Lipinski definition) is 7. The molecule has 0 saturated carbocycles. The van der Waals surface area contributed by atoms with Crippen LogP contribution in [-0.2, 0) is 6.61 Å². The number of piperidine rings is 2. The van der Waals surface area contributed by atoms with E-state index in [-0.39, 0.29) is 18.1 Å². The van der Waals surface area contributed by atoms with Gasteiger partial charge in [-0.05, 0) is 55.5 Å². The van der Waals surface area contributed by atoms with Crippen molar-refractivity contribution in [1.29, 1.82) is 0 Å². The van der Waals surface area contributed by atoms with Gasteiger partial charge in [0.1, 0.15) is 29.4 Å². The number of hydrogen-bond donors (Lipinski definition) is 3. The van der Waals surface area contributed by atoms with E-state index in [1.807, 2.05) is 42.5 Å². The van der Waals surface area contributed by atoms with Crippen LogP contribution in [0.4, 0.5) is 0 Å². The summed E-state index contributed by atoms with van der Waals surface area (Å²) < 4.78 is 17.2. The molecule has 2 atom stereocenters. The number of ether oxygens (including phenoxy) is 2. The quantitative estimate of drug-likeness (QED) is 0.279. The number of methoxy groups -OCH3 is 1. The van der Waals surface area contributed by atoms with E-state index in [4.69, 9.17) is 13.9 Å². The zero-order chi connectivity index (χ0) is 28.3. The number of fused-ring (bicyclic) bond motifs is 2. The molecule has 41 heavy (non-hydrogen) atoms. The number of aliphatic hydroxyl groups excluding tert-OH is 1. The van der Waals surface area contributed by atoms with E-state index in [0.717, 1.165) is 91.7 Å². The molecule has 3 N–H and O–H groups in total. The average Bonchev–Trinajstić information content (AvgIpc) is 3.62. The van der Waals surface area contributed by atoms with Crippen LogP contribution in [0.15, 0.2) is 53.1 Å². The van der Waals surface area contributed by atoms with Crippen LogP contribution in [0, 0.1) is 5.92 Å². The minimum atomic E-state index is -0.157. The number of amides is 1. The first-order chi connectivity index (χ1) is 20.0. The number of likely N-dealkylation sites (tertiary alicyclic amines) is 2. The first-order valence-electron chi connectivity index (χ1n) is 14.7. The summed E-state index contributed by atoms with van der Waals surface area (Å²) in [6.45, 7) is 8.48. The highest BCUT2D eigenvalue weighted by Crippen LogP contribution is 2.30. The second-order valence-corrected chi connectivity index (χ2v) is 11.5. The maximum Gasteiger partial charge on any atom is 0.267 e. The van der Waals surface area contributed by atoms with Crippen LogP contribution in [0.3, 0.4) is 0 Å². The summed E-state index contributed by atoms with van der Waals surface area (Å²) in [5.74, 6) is 1.73. The second kappa shape index (κ2) is 12.1. The summed E-state index contributed by atoms with van der Waals surface area (Å²) in [5.41, 5.74) is 3.11. The van der Waals surface area contributed by atoms with E-state index in [0.29, 0.717) is 24.0 Å². The number of carbonyl (C=O) groups is 1. The Kier molecular flexibility index (Phi) is 8.18. The molecule has 6 rings (SSSR count). The van der Waals surface area contributed by atoms with Crippen LogP contribution in [0.5, 0.6) is 11.5 Å². The normalized spacial score (nSPS) is 21.0. The van der Waals surface area contributed by atoms with Crippen molar-refractivity contribution in [2.75, 3.05) is 46.4 Å². The van der Waals surface area contributed by atoms with Crippen molar-refractivity contribution in [1.82, 2.24) is 20.1 Å². The fourth-order valence-electron chi connectivity index (χ4n) is 6.10. The molecule has 2 aromatic carbocycles. The maximum absolute atomic E-state index is 13.2. The van der Waals surface area contributed by atoms with E-state index < -0.39 is 0 Å². The number of aromatic nitrogens is 1. The van der Waals surface area contributed by atoms with Crippen molar-refractivity contribution in [2.24, 2.45) is 5.92 Å². The van der Waals surface area contributed by atoms with Gasteiger partial charge in [0, 0.05) is 73.2 Å². The van der Waals surface area contributed by atoms with Crippen molar-refractivity contribution in [3.8, 4) is 11.5 Å². The molecule has 0 unspecified atom stereocenters. The van der Waals surface area contributed by atoms with Crippen molar-refractivity contribution in [3.63, 3.8) is 0 Å². The lowest BCUT2D eigenvalue weighted by Crippen LogP contribution is -2.48. The van der Waals surface area contributed by atoms with Gasteiger partial charge in [-0.3, -0.25) is 4.79 Å². The van der Waals surface area contributed by atoms with Gasteiger partial charge in [0.15, 0.2) is 0 Å². The smallest absolute Gasteiger partial charge is 0.267 e. The minimum Gasteiger partial charge on any atom is -0.497 e. The van der Waals surface area contributed by atoms with Crippen LogP contribution < -0.4 is 14.8 Å². The zero-order valence-corrected chi connectivity index (χ0v) is 23.9. The van der Waals surface area contributed by atoms with E-state index >= 15 is 0 Å². The van der Waals surface area contributed by atoms with Crippen molar-refractivity contribution < 1.29 is 23.8 Å². The van der Waals surface area contributed by atoms with E-state index in [1.54, 1.807) is 13.4 Å². The summed E-state index contributed by atoms with van der Waals surface area (Å²) in [5, 5.41) is 15.1. The summed E-state index contributed by atoms with van der Waals surface area (Å²) in [7, 11) is 1.63. The molecule has 1 amide bonds. The second-order valence-electron chi connectivity index (χ2n) is 11.5. The first kappa shape index (κ1) is 27.6. The third kappa shape index (κ3) is 6.22. The van der Waals surface area contributed by atoms with Gasteiger partial charge in [-0.2, -0.15) is 0 Å². The van der Waals surface area contributed by atoms with Crippen LogP contribution >= 0.6 is 0 Å². The Bertz CT molecular complexity index is 1490. The monoisotopic (exact) mass is 560 g/mol. The summed E-state index contributed by atoms with van der Waals surface area (Å²) in [6.07, 6.45) is 4.31. The number of carbonyl (C=O) groups excluding carboxylic acids is 1. The van der Waals surface area contributed by atoms with Gasteiger partial charge >= 0.3 is 0 Å². The summed E-state index contributed by atoms with van der Waals surface area (Å²) in [6, 6.07) is 13.6. The molecule has 9 heteroatoms. The molecule has 0 bridgehead atoms. The molecule has 4 aromatic rings. The molecule has 0 spiro atoms. The van der Waals surface area contributed by atoms with Crippen LogP contribution in [-0.4, -0.2) is 84.3 Å². The highest BCUT2D eigenvalue weighted by atomic mass is 16.5. The molecular weight excluding hydrogens is 520 g/mol. The minimum absolute atomic E-state index is 0.0822. The Morgan fingerprint density at radius 3 is 2.68 bits per heavy atom. The standard InChI is InChI=1S/C32H40N4O5/c1-21-18-36(13-10-29(21)37)15-14-35-11-8-23(9-12-35)33-32(38)28-17-26-27(34-28)4-3-5-30(26)40-19-22-20-41-31-16-24(39-2)6-7-25(22)31/h3-7,16-17,20-21,23,29,34,37H,8-15,18-19H2,1-2H3,(H,33,38)/t21-,29-/m0/s1. The van der Waals surface area contributed by atoms with Gasteiger partial charge in [-0.1, -0.05) is 13.0 Å². The molecule has 0 radical (unpaired) electrons. The van der Waals surface area contributed by atoms with E-state index in [2.05, 4.69) is 27.0 Å². The van der Waals surface area contributed by atoms with Crippen molar-refractivity contribution in [3.05, 3.63) is 60.0 Å². The van der Waals surface area contributed by atoms with Gasteiger partial charge in [-0.25, -0.2) is 0 Å². The van der Waals surface area contributed by atoms with Crippen LogP contribution in [0.2, 0.25) is 0 Å². The number of nitrogens with one attached hydrogen (secondary N) is 2. The Hall–Kier alpha value is -3.53. The lowest BCUT2D eigenvalue weighted by Gasteiger charge is -2.37. The Morgan fingerprint density at radius 2 is 1.88 bits per heavy atom. The molecule has 2 aromatic heterocycles. The van der Waals surface area contributed by atoms with Crippen molar-refractivity contribution >= 4 is 27.8 Å². The maximum atomic E-state index is 13.2. The predicted molar refractivity (Wildman–Crippen MR) is 159 cm³/mol. The summed E-state index contributed by atoms with van der Waals surface area (Å²) in [4.78, 5) is 21.4. The third-order valence-corrected chi connectivity index (χ3v) is 8.71. The zero-order valence-electron chi connectivity index (χ0n) is 23.9.